The van der Waals surface area contributed by atoms with Crippen LogP contribution < -0.4 is 9.64 Å². The number of imidazole rings is 1. The van der Waals surface area contributed by atoms with Crippen LogP contribution in [-0.4, -0.2) is 57.5 Å². The first-order chi connectivity index (χ1) is 23.6. The summed E-state index contributed by atoms with van der Waals surface area (Å²) in [5.74, 6) is -0.160. The molecule has 50 heavy (non-hydrogen) atoms. The molecule has 4 aromatic rings. The van der Waals surface area contributed by atoms with E-state index >= 15 is 4.39 Å². The molecule has 1 saturated heterocycles. The predicted octanol–water partition coefficient (Wildman–Crippen LogP) is 10.1. The minimum Gasteiger partial charge on any atom is -0.490 e. The van der Waals surface area contributed by atoms with Crippen molar-refractivity contribution in [3.63, 3.8) is 0 Å². The number of ether oxygens (including phenoxy) is 3. The second kappa shape index (κ2) is 14.1. The molecular formula is C39H46BrClFN3O5. The van der Waals surface area contributed by atoms with Crippen LogP contribution in [0.1, 0.15) is 89.5 Å². The Hall–Kier alpha value is -3.18. The summed E-state index contributed by atoms with van der Waals surface area (Å²) in [6.45, 7) is 15.2. The lowest BCUT2D eigenvalue weighted by atomic mass is 9.92. The fraction of sp³-hybridized carbons (Fsp3) is 0.487. The van der Waals surface area contributed by atoms with Crippen molar-refractivity contribution in [3.8, 4) is 28.1 Å². The number of halogens is 3. The van der Waals surface area contributed by atoms with Crippen molar-refractivity contribution in [2.45, 2.75) is 104 Å². The number of carboxylic acids is 1. The van der Waals surface area contributed by atoms with Crippen LogP contribution in [0.25, 0.3) is 28.0 Å². The lowest BCUT2D eigenvalue weighted by Gasteiger charge is -2.42. The Labute approximate surface area is 307 Å². The average molecular weight is 771 g/mol. The molecule has 7 rings (SSSR count). The number of nitrogens with zero attached hydrogens (tertiary/aromatic N) is 3. The lowest BCUT2D eigenvalue weighted by Crippen LogP contribution is -2.45. The van der Waals surface area contributed by atoms with Gasteiger partial charge in [-0.15, -0.1) is 0 Å². The number of piperidine rings is 1. The highest BCUT2D eigenvalue weighted by Crippen LogP contribution is 2.45. The topological polar surface area (TPSA) is 85.5 Å². The van der Waals surface area contributed by atoms with Crippen molar-refractivity contribution in [2.75, 3.05) is 24.6 Å². The van der Waals surface area contributed by atoms with E-state index < -0.39 is 17.7 Å². The number of hydrogen-bond acceptors (Lipinski definition) is 6. The van der Waals surface area contributed by atoms with Crippen molar-refractivity contribution in [3.05, 3.63) is 68.5 Å². The van der Waals surface area contributed by atoms with E-state index in [0.29, 0.717) is 74.5 Å². The molecule has 3 aliphatic heterocycles. The zero-order valence-electron chi connectivity index (χ0n) is 29.8. The van der Waals surface area contributed by atoms with Gasteiger partial charge in [-0.1, -0.05) is 29.8 Å². The van der Waals surface area contributed by atoms with E-state index in [4.69, 9.17) is 30.8 Å². The minimum absolute atomic E-state index is 0.0794. The normalized spacial score (nSPS) is 20.8. The first kappa shape index (κ1) is 36.6. The molecule has 2 aromatic carbocycles. The number of pyridine rings is 1. The fourth-order valence-electron chi connectivity index (χ4n) is 6.99. The molecule has 8 nitrogen and oxygen atoms in total. The highest BCUT2D eigenvalue weighted by atomic mass is 79.9. The van der Waals surface area contributed by atoms with Crippen molar-refractivity contribution >= 4 is 45.0 Å². The van der Waals surface area contributed by atoms with Crippen LogP contribution in [-0.2, 0) is 14.3 Å². The second-order valence-electron chi connectivity index (χ2n) is 14.9. The molecule has 0 saturated carbocycles. The molecule has 3 aliphatic rings. The largest absolute Gasteiger partial charge is 0.490 e. The van der Waals surface area contributed by atoms with Crippen molar-refractivity contribution in [1.29, 1.82) is 0 Å². The number of carbonyl (C=O) groups is 1. The standard InChI is InChI=1S/C39H46BrClFN3O5/c1-22-19-29-27(21-28(22)42)25-12-10-13-26(20-25)32-34(41)45-35(43-32)31(40)24(3)30(33(37(46)47)50-38(4,5)6)36(45)44-16-14-39(7,15-17-44)48-18-9-8-11-23(2)49-29/h10,12-13,19-21,23,33H,8-9,11,14-18H2,1-7H3,(H,46,47). The van der Waals surface area contributed by atoms with E-state index in [-0.39, 0.29) is 17.5 Å². The number of aryl methyl sites for hydroxylation is 1. The summed E-state index contributed by atoms with van der Waals surface area (Å²) in [5.41, 5.74) is 3.85. The number of fused-ring (bicyclic) bond motifs is 8. The third-order valence-corrected chi connectivity index (χ3v) is 11.1. The Balaban J connectivity index is 1.61. The quantitative estimate of drug-likeness (QED) is 0.222. The Kier molecular flexibility index (Phi) is 10.3. The van der Waals surface area contributed by atoms with Crippen LogP contribution in [0.5, 0.6) is 5.75 Å². The predicted molar refractivity (Wildman–Crippen MR) is 199 cm³/mol. The number of aliphatic carboxylic acids is 1. The van der Waals surface area contributed by atoms with Gasteiger partial charge in [-0.2, -0.15) is 0 Å². The number of anilines is 1. The van der Waals surface area contributed by atoms with Crippen molar-refractivity contribution in [1.82, 2.24) is 9.38 Å². The monoisotopic (exact) mass is 769 g/mol. The zero-order valence-corrected chi connectivity index (χ0v) is 32.2. The summed E-state index contributed by atoms with van der Waals surface area (Å²) in [6, 6.07) is 11.0. The van der Waals surface area contributed by atoms with Crippen LogP contribution >= 0.6 is 27.5 Å². The van der Waals surface area contributed by atoms with Gasteiger partial charge in [-0.05, 0) is 131 Å². The molecule has 5 heterocycles. The zero-order chi connectivity index (χ0) is 36.1. The highest BCUT2D eigenvalue weighted by Gasteiger charge is 2.39. The SMILES string of the molecule is Cc1cc2c(cc1F)-c1cccc(c1)-c1nc3c(Br)c(C)c(C(OC(C)(C)C)C(=O)O)c(n3c1Cl)N1CCC(C)(CC1)OCCCCC(C)O2. The van der Waals surface area contributed by atoms with Gasteiger partial charge in [0.1, 0.15) is 28.2 Å². The van der Waals surface area contributed by atoms with Crippen LogP contribution in [0.4, 0.5) is 10.2 Å². The fourth-order valence-corrected chi connectivity index (χ4v) is 7.78. The van der Waals surface area contributed by atoms with Crippen LogP contribution in [0.2, 0.25) is 5.15 Å². The van der Waals surface area contributed by atoms with Crippen LogP contribution in [0.3, 0.4) is 0 Å². The van der Waals surface area contributed by atoms with Crippen molar-refractivity contribution in [2.24, 2.45) is 0 Å². The van der Waals surface area contributed by atoms with Crippen LogP contribution in [0.15, 0.2) is 40.9 Å². The highest BCUT2D eigenvalue weighted by molar-refractivity contribution is 9.10. The average Bonchev–Trinajstić information content (AvgIpc) is 3.39. The molecule has 2 unspecified atom stereocenters. The molecule has 0 aliphatic carbocycles. The van der Waals surface area contributed by atoms with Crippen molar-refractivity contribution < 1.29 is 28.5 Å². The first-order valence-corrected chi connectivity index (χ1v) is 18.5. The summed E-state index contributed by atoms with van der Waals surface area (Å²) in [4.78, 5) is 20.3. The molecule has 6 bridgehead atoms. The van der Waals surface area contributed by atoms with Gasteiger partial charge < -0.3 is 24.2 Å². The molecule has 1 N–H and O–H groups in total. The molecule has 11 heteroatoms. The Morgan fingerprint density at radius 2 is 1.86 bits per heavy atom. The number of aromatic nitrogens is 2. The second-order valence-corrected chi connectivity index (χ2v) is 16.1. The number of rotatable bonds is 3. The van der Waals surface area contributed by atoms with E-state index in [9.17, 15) is 9.90 Å². The first-order valence-electron chi connectivity index (χ1n) is 17.3. The molecule has 1 fully saturated rings. The Morgan fingerprint density at radius 1 is 1.16 bits per heavy atom. The van der Waals surface area contributed by atoms with E-state index in [1.54, 1.807) is 13.0 Å². The van der Waals surface area contributed by atoms with Gasteiger partial charge in [0.15, 0.2) is 11.8 Å². The van der Waals surface area contributed by atoms with E-state index in [1.807, 2.05) is 63.3 Å². The smallest absolute Gasteiger partial charge is 0.337 e. The molecule has 0 spiro atoms. The molecular weight excluding hydrogens is 725 g/mol. The maximum atomic E-state index is 15.1. The summed E-state index contributed by atoms with van der Waals surface area (Å²) in [5, 5.41) is 10.9. The van der Waals surface area contributed by atoms with Gasteiger partial charge in [0.2, 0.25) is 0 Å². The minimum atomic E-state index is -1.27. The number of benzene rings is 2. The molecule has 2 atom stereocenters. The van der Waals surface area contributed by atoms with Gasteiger partial charge in [0.05, 0.1) is 21.8 Å². The molecule has 0 amide bonds. The molecule has 268 valence electrons. The van der Waals surface area contributed by atoms with Gasteiger partial charge in [-0.3, -0.25) is 4.40 Å². The van der Waals surface area contributed by atoms with Gasteiger partial charge in [0, 0.05) is 36.4 Å². The van der Waals surface area contributed by atoms with Gasteiger partial charge >= 0.3 is 5.97 Å². The number of carboxylic acid groups (broad SMARTS) is 1. The summed E-state index contributed by atoms with van der Waals surface area (Å²) in [6.07, 6.45) is 2.78. The van der Waals surface area contributed by atoms with Crippen LogP contribution in [0, 0.1) is 19.7 Å². The molecule has 2 aromatic heterocycles. The summed E-state index contributed by atoms with van der Waals surface area (Å²) in [7, 11) is 0. The Bertz CT molecular complexity index is 1930. The van der Waals surface area contributed by atoms with Gasteiger partial charge in [0.25, 0.3) is 0 Å². The third-order valence-electron chi connectivity index (χ3n) is 9.77. The number of hydrogen-bond donors (Lipinski definition) is 1. The van der Waals surface area contributed by atoms with E-state index in [1.165, 1.54) is 6.07 Å². The Morgan fingerprint density at radius 3 is 2.54 bits per heavy atom. The molecule has 0 radical (unpaired) electrons. The maximum Gasteiger partial charge on any atom is 0.337 e. The van der Waals surface area contributed by atoms with Gasteiger partial charge in [-0.25, -0.2) is 14.2 Å². The van der Waals surface area contributed by atoms with E-state index in [2.05, 4.69) is 27.8 Å². The maximum absolute atomic E-state index is 15.1. The summed E-state index contributed by atoms with van der Waals surface area (Å²) < 4.78 is 36.8. The third kappa shape index (κ3) is 7.27. The lowest BCUT2D eigenvalue weighted by molar-refractivity contribution is -0.160. The van der Waals surface area contributed by atoms with E-state index in [0.717, 1.165) is 43.2 Å². The summed E-state index contributed by atoms with van der Waals surface area (Å²) >= 11 is 11.1.